The molecule has 2 N–H and O–H groups in total. The van der Waals surface area contributed by atoms with E-state index < -0.39 is 29.4 Å². The summed E-state index contributed by atoms with van der Waals surface area (Å²) in [6, 6.07) is 5.93. The van der Waals surface area contributed by atoms with Crippen LogP contribution in [0.4, 0.5) is 13.2 Å². The standard InChI is InChI=1S/C17H19F3N2O5/c1-15(2,3)27-14(24)13(23)22-16(25,17(18,19)20)9-12(21-22)10-6-5-7-11(8-10)26-4/h5-9,21,25H,1-4H3/t16-/m0/s1. The van der Waals surface area contributed by atoms with E-state index >= 15 is 0 Å². The van der Waals surface area contributed by atoms with Crippen LogP contribution in [0.2, 0.25) is 0 Å². The van der Waals surface area contributed by atoms with Crippen molar-refractivity contribution in [3.8, 4) is 5.75 Å². The fourth-order valence-corrected chi connectivity index (χ4v) is 2.27. The van der Waals surface area contributed by atoms with Gasteiger partial charge < -0.3 is 14.6 Å². The van der Waals surface area contributed by atoms with E-state index in [-0.39, 0.29) is 16.3 Å². The Hall–Kier alpha value is -2.75. The fourth-order valence-electron chi connectivity index (χ4n) is 2.27. The molecular formula is C17H19F3N2O5. The number of carbonyl (C=O) groups excluding carboxylic acids is 2. The molecule has 0 aromatic heterocycles. The number of benzene rings is 1. The molecule has 148 valence electrons. The van der Waals surface area contributed by atoms with Crippen LogP contribution in [0.25, 0.3) is 5.70 Å². The van der Waals surface area contributed by atoms with E-state index in [4.69, 9.17) is 9.47 Å². The number of nitrogens with zero attached hydrogens (tertiary/aromatic N) is 1. The van der Waals surface area contributed by atoms with Crippen molar-refractivity contribution in [2.45, 2.75) is 38.3 Å². The van der Waals surface area contributed by atoms with Crippen molar-refractivity contribution in [3.63, 3.8) is 0 Å². The third-order valence-corrected chi connectivity index (χ3v) is 3.49. The highest BCUT2D eigenvalue weighted by Crippen LogP contribution is 2.40. The first-order valence-corrected chi connectivity index (χ1v) is 7.79. The molecule has 7 nitrogen and oxygen atoms in total. The Kier molecular flexibility index (Phi) is 5.15. The van der Waals surface area contributed by atoms with Crippen molar-refractivity contribution in [1.82, 2.24) is 10.4 Å². The summed E-state index contributed by atoms with van der Waals surface area (Å²) in [5, 5.41) is 9.97. The van der Waals surface area contributed by atoms with E-state index in [1.807, 2.05) is 0 Å². The molecule has 0 bridgehead atoms. The van der Waals surface area contributed by atoms with E-state index in [0.717, 1.165) is 0 Å². The molecule has 0 spiro atoms. The minimum atomic E-state index is -5.28. The summed E-state index contributed by atoms with van der Waals surface area (Å²) in [5.41, 5.74) is -2.73. The summed E-state index contributed by atoms with van der Waals surface area (Å²) in [6.45, 7) is 4.35. The molecule has 1 heterocycles. The van der Waals surface area contributed by atoms with Crippen molar-refractivity contribution in [1.29, 1.82) is 0 Å². The van der Waals surface area contributed by atoms with Gasteiger partial charge in [0, 0.05) is 11.6 Å². The lowest BCUT2D eigenvalue weighted by Crippen LogP contribution is -2.62. The van der Waals surface area contributed by atoms with Crippen LogP contribution in [-0.4, -0.2) is 46.6 Å². The monoisotopic (exact) mass is 388 g/mol. The molecule has 27 heavy (non-hydrogen) atoms. The number of hydrogen-bond acceptors (Lipinski definition) is 6. The number of aliphatic hydroxyl groups is 1. The maximum atomic E-state index is 13.5. The summed E-state index contributed by atoms with van der Waals surface area (Å²) in [7, 11) is 1.37. The van der Waals surface area contributed by atoms with Gasteiger partial charge in [0.25, 0.3) is 5.72 Å². The van der Waals surface area contributed by atoms with Gasteiger partial charge in [-0.15, -0.1) is 0 Å². The third-order valence-electron chi connectivity index (χ3n) is 3.49. The number of esters is 1. The third kappa shape index (κ3) is 4.16. The molecule has 1 aliphatic rings. The summed E-state index contributed by atoms with van der Waals surface area (Å²) >= 11 is 0. The summed E-state index contributed by atoms with van der Waals surface area (Å²) in [5.74, 6) is -2.89. The van der Waals surface area contributed by atoms with Crippen molar-refractivity contribution in [2.75, 3.05) is 7.11 Å². The van der Waals surface area contributed by atoms with Gasteiger partial charge in [-0.2, -0.15) is 13.2 Å². The van der Waals surface area contributed by atoms with Crippen LogP contribution in [-0.2, 0) is 14.3 Å². The summed E-state index contributed by atoms with van der Waals surface area (Å²) < 4.78 is 50.3. The first kappa shape index (κ1) is 20.6. The minimum Gasteiger partial charge on any atom is -0.497 e. The number of amides is 1. The molecule has 1 amide bonds. The Labute approximate surface area is 153 Å². The maximum absolute atomic E-state index is 13.5. The average Bonchev–Trinajstić information content (AvgIpc) is 2.91. The van der Waals surface area contributed by atoms with Crippen LogP contribution in [0.1, 0.15) is 26.3 Å². The maximum Gasteiger partial charge on any atom is 0.442 e. The molecule has 0 unspecified atom stereocenters. The number of carbonyl (C=O) groups is 2. The zero-order chi connectivity index (χ0) is 20.6. The fraction of sp³-hybridized carbons (Fsp3) is 0.412. The highest BCUT2D eigenvalue weighted by atomic mass is 19.4. The van der Waals surface area contributed by atoms with Crippen LogP contribution in [0.5, 0.6) is 5.75 Å². The van der Waals surface area contributed by atoms with Gasteiger partial charge in [0.2, 0.25) is 0 Å². The van der Waals surface area contributed by atoms with Crippen LogP contribution in [0, 0.1) is 0 Å². The first-order valence-electron chi connectivity index (χ1n) is 7.79. The predicted molar refractivity (Wildman–Crippen MR) is 87.8 cm³/mol. The molecule has 0 aliphatic carbocycles. The van der Waals surface area contributed by atoms with Crippen LogP contribution < -0.4 is 10.2 Å². The number of nitrogens with one attached hydrogen (secondary N) is 1. The lowest BCUT2D eigenvalue weighted by atomic mass is 10.1. The Morgan fingerprint density at radius 3 is 2.37 bits per heavy atom. The summed E-state index contributed by atoms with van der Waals surface area (Å²) in [6.07, 6.45) is -4.87. The Morgan fingerprint density at radius 2 is 1.85 bits per heavy atom. The van der Waals surface area contributed by atoms with Gasteiger partial charge in [0.05, 0.1) is 12.8 Å². The lowest BCUT2D eigenvalue weighted by molar-refractivity contribution is -0.288. The van der Waals surface area contributed by atoms with Crippen molar-refractivity contribution in [3.05, 3.63) is 35.9 Å². The number of hydrogen-bond donors (Lipinski definition) is 2. The second-order valence-electron chi connectivity index (χ2n) is 6.77. The van der Waals surface area contributed by atoms with Gasteiger partial charge in [0.15, 0.2) is 0 Å². The van der Waals surface area contributed by atoms with E-state index in [2.05, 4.69) is 5.43 Å². The molecule has 0 saturated carbocycles. The highest BCUT2D eigenvalue weighted by Gasteiger charge is 2.62. The second kappa shape index (κ2) is 6.76. The Morgan fingerprint density at radius 1 is 1.22 bits per heavy atom. The van der Waals surface area contributed by atoms with Crippen molar-refractivity contribution in [2.24, 2.45) is 0 Å². The normalized spacial score (nSPS) is 20.0. The number of halogens is 3. The largest absolute Gasteiger partial charge is 0.497 e. The van der Waals surface area contributed by atoms with E-state index in [1.54, 1.807) is 6.07 Å². The van der Waals surface area contributed by atoms with E-state index in [9.17, 15) is 27.9 Å². The minimum absolute atomic E-state index is 0.199. The smallest absolute Gasteiger partial charge is 0.442 e. The van der Waals surface area contributed by atoms with E-state index in [1.165, 1.54) is 46.1 Å². The molecule has 10 heteroatoms. The first-order chi connectivity index (χ1) is 12.3. The number of methoxy groups -OCH3 is 1. The molecule has 1 aromatic rings. The number of rotatable bonds is 2. The molecule has 1 aromatic carbocycles. The molecule has 1 aliphatic heterocycles. The topological polar surface area (TPSA) is 88.1 Å². The molecule has 0 fully saturated rings. The molecule has 0 saturated heterocycles. The zero-order valence-corrected chi connectivity index (χ0v) is 15.0. The van der Waals surface area contributed by atoms with Gasteiger partial charge in [-0.1, -0.05) is 12.1 Å². The molecule has 0 radical (unpaired) electrons. The number of alkyl halides is 3. The van der Waals surface area contributed by atoms with Crippen molar-refractivity contribution >= 4 is 17.6 Å². The quantitative estimate of drug-likeness (QED) is 0.595. The van der Waals surface area contributed by atoms with E-state index in [0.29, 0.717) is 11.8 Å². The van der Waals surface area contributed by atoms with Gasteiger partial charge >= 0.3 is 18.1 Å². The highest BCUT2D eigenvalue weighted by molar-refractivity contribution is 6.32. The van der Waals surface area contributed by atoms with Crippen LogP contribution >= 0.6 is 0 Å². The van der Waals surface area contributed by atoms with Gasteiger partial charge in [-0.3, -0.25) is 10.2 Å². The SMILES string of the molecule is COc1cccc(C2=C[C@](O)(C(F)(F)F)N(C(=O)C(=O)OC(C)(C)C)N2)c1. The predicted octanol–water partition coefficient (Wildman–Crippen LogP) is 1.98. The number of ether oxygens (including phenoxy) is 2. The van der Waals surface area contributed by atoms with Gasteiger partial charge in [0.1, 0.15) is 11.4 Å². The van der Waals surface area contributed by atoms with Crippen LogP contribution in [0.15, 0.2) is 30.3 Å². The van der Waals surface area contributed by atoms with Gasteiger partial charge in [-0.05, 0) is 32.9 Å². The molecular weight excluding hydrogens is 369 g/mol. The Balaban J connectivity index is 2.42. The second-order valence-corrected chi connectivity index (χ2v) is 6.77. The summed E-state index contributed by atoms with van der Waals surface area (Å²) in [4.78, 5) is 24.2. The van der Waals surface area contributed by atoms with Gasteiger partial charge in [-0.25, -0.2) is 9.80 Å². The average molecular weight is 388 g/mol. The lowest BCUT2D eigenvalue weighted by Gasteiger charge is -2.33. The zero-order valence-electron chi connectivity index (χ0n) is 15.0. The molecule has 2 rings (SSSR count). The Bertz CT molecular complexity index is 786. The number of hydrazine groups is 1. The molecule has 1 atom stereocenters. The van der Waals surface area contributed by atoms with Crippen LogP contribution in [0.3, 0.4) is 0 Å². The van der Waals surface area contributed by atoms with Crippen molar-refractivity contribution < 1.29 is 37.3 Å².